The second-order valence-electron chi connectivity index (χ2n) is 5.32. The number of benzene rings is 1. The van der Waals surface area contributed by atoms with Gasteiger partial charge in [-0.15, -0.1) is 0 Å². The lowest BCUT2D eigenvalue weighted by molar-refractivity contribution is 0.0696. The van der Waals surface area contributed by atoms with Crippen LogP contribution < -0.4 is 5.32 Å². The zero-order valence-electron chi connectivity index (χ0n) is 10.9. The number of halogens is 2. The second kappa shape index (κ2) is 5.98. The lowest BCUT2D eigenvalue weighted by atomic mass is 10.1. The molecule has 2 heterocycles. The van der Waals surface area contributed by atoms with Gasteiger partial charge < -0.3 is 5.32 Å². The van der Waals surface area contributed by atoms with E-state index in [0.717, 1.165) is 67.5 Å². The molecule has 0 saturated carbocycles. The van der Waals surface area contributed by atoms with E-state index in [1.54, 1.807) is 0 Å². The van der Waals surface area contributed by atoms with E-state index in [4.69, 9.17) is 23.2 Å². The summed E-state index contributed by atoms with van der Waals surface area (Å²) in [6.07, 6.45) is 0. The summed E-state index contributed by atoms with van der Waals surface area (Å²) in [5.41, 5.74) is 1.06. The van der Waals surface area contributed by atoms with Crippen molar-refractivity contribution in [2.75, 3.05) is 39.3 Å². The molecule has 1 aromatic rings. The summed E-state index contributed by atoms with van der Waals surface area (Å²) in [5.74, 6) is 0. The Morgan fingerprint density at radius 1 is 1.05 bits per heavy atom. The van der Waals surface area contributed by atoms with Crippen LogP contribution in [0.25, 0.3) is 0 Å². The average Bonchev–Trinajstić information content (AvgIpc) is 2.34. The molecule has 5 heteroatoms. The number of rotatable bonds is 3. The minimum Gasteiger partial charge on any atom is -0.314 e. The van der Waals surface area contributed by atoms with Crippen LogP contribution in [0.2, 0.25) is 10.0 Å². The zero-order chi connectivity index (χ0) is 13.2. The first-order valence-electron chi connectivity index (χ1n) is 6.84. The molecule has 1 N–H and O–H groups in total. The summed E-state index contributed by atoms with van der Waals surface area (Å²) in [5, 5.41) is 4.89. The summed E-state index contributed by atoms with van der Waals surface area (Å²) < 4.78 is 0. The van der Waals surface area contributed by atoms with Gasteiger partial charge in [-0.2, -0.15) is 0 Å². The monoisotopic (exact) mass is 299 g/mol. The van der Waals surface area contributed by atoms with Crippen LogP contribution in [0.5, 0.6) is 0 Å². The predicted octanol–water partition coefficient (Wildman–Crippen LogP) is 2.08. The molecule has 2 aliphatic heterocycles. The van der Waals surface area contributed by atoms with Gasteiger partial charge in [-0.05, 0) is 12.1 Å². The van der Waals surface area contributed by atoms with E-state index in [-0.39, 0.29) is 0 Å². The Kier molecular flexibility index (Phi) is 4.30. The summed E-state index contributed by atoms with van der Waals surface area (Å²) in [7, 11) is 0. The van der Waals surface area contributed by atoms with E-state index in [0.29, 0.717) is 0 Å². The van der Waals surface area contributed by atoms with Crippen molar-refractivity contribution >= 4 is 23.2 Å². The SMILES string of the molecule is Clc1cccc(Cl)c1CN1CCN(C2CNC2)CC1. The summed E-state index contributed by atoms with van der Waals surface area (Å²) in [4.78, 5) is 5.02. The fourth-order valence-electron chi connectivity index (χ4n) is 2.73. The van der Waals surface area contributed by atoms with Crippen molar-refractivity contribution in [2.24, 2.45) is 0 Å². The van der Waals surface area contributed by atoms with Gasteiger partial charge >= 0.3 is 0 Å². The third kappa shape index (κ3) is 3.06. The molecule has 104 valence electrons. The van der Waals surface area contributed by atoms with Gasteiger partial charge in [0.2, 0.25) is 0 Å². The van der Waals surface area contributed by atoms with Crippen LogP contribution in [0, 0.1) is 0 Å². The molecular weight excluding hydrogens is 281 g/mol. The number of hydrogen-bond donors (Lipinski definition) is 1. The molecule has 0 radical (unpaired) electrons. The molecular formula is C14H19Cl2N3. The lowest BCUT2D eigenvalue weighted by Gasteiger charge is -2.43. The molecule has 2 fully saturated rings. The van der Waals surface area contributed by atoms with Crippen LogP contribution in [0.15, 0.2) is 18.2 Å². The van der Waals surface area contributed by atoms with Crippen molar-refractivity contribution in [1.29, 1.82) is 0 Å². The first kappa shape index (κ1) is 13.7. The Hall–Kier alpha value is -0.320. The molecule has 0 atom stereocenters. The quantitative estimate of drug-likeness (QED) is 0.922. The topological polar surface area (TPSA) is 18.5 Å². The Balaban J connectivity index is 1.57. The van der Waals surface area contributed by atoms with Gasteiger partial charge in [0.25, 0.3) is 0 Å². The normalized spacial score (nSPS) is 22.4. The highest BCUT2D eigenvalue weighted by Gasteiger charge is 2.27. The van der Waals surface area contributed by atoms with Gasteiger partial charge in [0.1, 0.15) is 0 Å². The number of piperazine rings is 1. The lowest BCUT2D eigenvalue weighted by Crippen LogP contribution is -2.61. The van der Waals surface area contributed by atoms with Crippen LogP contribution in [-0.4, -0.2) is 55.1 Å². The molecule has 0 unspecified atom stereocenters. The summed E-state index contributed by atoms with van der Waals surface area (Å²) >= 11 is 12.5. The third-order valence-corrected chi connectivity index (χ3v) is 4.83. The number of nitrogens with zero attached hydrogens (tertiary/aromatic N) is 2. The molecule has 0 aromatic heterocycles. The van der Waals surface area contributed by atoms with Gasteiger partial charge in [0, 0.05) is 67.5 Å². The Labute approximate surface area is 124 Å². The van der Waals surface area contributed by atoms with Gasteiger partial charge in [0.15, 0.2) is 0 Å². The van der Waals surface area contributed by atoms with Gasteiger partial charge in [-0.25, -0.2) is 0 Å². The molecule has 0 aliphatic carbocycles. The molecule has 2 saturated heterocycles. The van der Waals surface area contributed by atoms with Crippen LogP contribution in [-0.2, 0) is 6.54 Å². The Morgan fingerprint density at radius 2 is 1.68 bits per heavy atom. The van der Waals surface area contributed by atoms with E-state index in [9.17, 15) is 0 Å². The predicted molar refractivity (Wildman–Crippen MR) is 80.0 cm³/mol. The standard InChI is InChI=1S/C14H19Cl2N3/c15-13-2-1-3-14(16)12(13)10-18-4-6-19(7-5-18)11-8-17-9-11/h1-3,11,17H,4-10H2. The summed E-state index contributed by atoms with van der Waals surface area (Å²) in [6, 6.07) is 6.49. The van der Waals surface area contributed by atoms with Gasteiger partial charge in [-0.1, -0.05) is 29.3 Å². The van der Waals surface area contributed by atoms with Crippen molar-refractivity contribution in [2.45, 2.75) is 12.6 Å². The Bertz CT molecular complexity index is 420. The highest BCUT2D eigenvalue weighted by molar-refractivity contribution is 6.35. The first-order valence-corrected chi connectivity index (χ1v) is 7.59. The maximum atomic E-state index is 6.23. The largest absolute Gasteiger partial charge is 0.314 e. The molecule has 3 rings (SSSR count). The molecule has 2 aliphatic rings. The van der Waals surface area contributed by atoms with E-state index >= 15 is 0 Å². The second-order valence-corrected chi connectivity index (χ2v) is 6.14. The summed E-state index contributed by atoms with van der Waals surface area (Å²) in [6.45, 7) is 7.64. The van der Waals surface area contributed by atoms with Crippen molar-refractivity contribution in [3.05, 3.63) is 33.8 Å². The molecule has 19 heavy (non-hydrogen) atoms. The maximum absolute atomic E-state index is 6.23. The van der Waals surface area contributed by atoms with Crippen molar-refractivity contribution < 1.29 is 0 Å². The zero-order valence-corrected chi connectivity index (χ0v) is 12.4. The highest BCUT2D eigenvalue weighted by atomic mass is 35.5. The minimum absolute atomic E-state index is 0.756. The Morgan fingerprint density at radius 3 is 2.21 bits per heavy atom. The smallest absolute Gasteiger partial charge is 0.0465 e. The molecule has 3 nitrogen and oxygen atoms in total. The van der Waals surface area contributed by atoms with E-state index in [2.05, 4.69) is 15.1 Å². The molecule has 0 amide bonds. The minimum atomic E-state index is 0.756. The molecule has 0 bridgehead atoms. The van der Waals surface area contributed by atoms with Crippen LogP contribution in [0.3, 0.4) is 0 Å². The number of hydrogen-bond acceptors (Lipinski definition) is 3. The third-order valence-electron chi connectivity index (χ3n) is 4.13. The fourth-order valence-corrected chi connectivity index (χ4v) is 3.24. The van der Waals surface area contributed by atoms with Crippen molar-refractivity contribution in [3.63, 3.8) is 0 Å². The highest BCUT2D eigenvalue weighted by Crippen LogP contribution is 2.26. The van der Waals surface area contributed by atoms with E-state index in [1.807, 2.05) is 18.2 Å². The van der Waals surface area contributed by atoms with E-state index < -0.39 is 0 Å². The fraction of sp³-hybridized carbons (Fsp3) is 0.571. The van der Waals surface area contributed by atoms with Crippen LogP contribution >= 0.6 is 23.2 Å². The maximum Gasteiger partial charge on any atom is 0.0465 e. The average molecular weight is 300 g/mol. The molecule has 1 aromatic carbocycles. The number of nitrogens with one attached hydrogen (secondary N) is 1. The van der Waals surface area contributed by atoms with Crippen LogP contribution in [0.4, 0.5) is 0 Å². The van der Waals surface area contributed by atoms with Crippen molar-refractivity contribution in [3.8, 4) is 0 Å². The van der Waals surface area contributed by atoms with Gasteiger partial charge in [0.05, 0.1) is 0 Å². The van der Waals surface area contributed by atoms with Crippen molar-refractivity contribution in [1.82, 2.24) is 15.1 Å². The van der Waals surface area contributed by atoms with Crippen LogP contribution in [0.1, 0.15) is 5.56 Å². The first-order chi connectivity index (χ1) is 9.24. The molecule has 0 spiro atoms. The van der Waals surface area contributed by atoms with E-state index in [1.165, 1.54) is 0 Å². The van der Waals surface area contributed by atoms with Gasteiger partial charge in [-0.3, -0.25) is 9.80 Å².